The molecule has 0 saturated carbocycles. The first-order chi connectivity index (χ1) is 7.68. The van der Waals surface area contributed by atoms with Crippen molar-refractivity contribution in [3.63, 3.8) is 0 Å². The van der Waals surface area contributed by atoms with Crippen LogP contribution in [0.3, 0.4) is 0 Å². The Bertz CT molecular complexity index is 614. The van der Waals surface area contributed by atoms with Crippen LogP contribution in [0.1, 0.15) is 21.5 Å². The Balaban J connectivity index is 2.40. The topological polar surface area (TPSA) is 17.1 Å². The second-order valence-electron chi connectivity index (χ2n) is 4.04. The predicted octanol–water partition coefficient (Wildman–Crippen LogP) is 3.86. The van der Waals surface area contributed by atoms with Crippen LogP contribution in [0, 0.1) is 6.92 Å². The first-order valence-electron chi connectivity index (χ1n) is 5.13. The zero-order valence-electron chi connectivity index (χ0n) is 8.75. The lowest BCUT2D eigenvalue weighted by Gasteiger charge is -2.01. The molecule has 0 bridgehead atoms. The molecule has 1 nitrogen and oxygen atoms in total. The number of carbonyl (C=O) groups is 1. The highest BCUT2D eigenvalue weighted by atomic mass is 35.5. The standard InChI is InChI=1S/C14H9ClO/c1-8-5-6-10-11(7-8)9-3-2-4-12(15)13(9)14(10)16/h2-7H,1H3. The van der Waals surface area contributed by atoms with Gasteiger partial charge in [-0.05, 0) is 24.1 Å². The molecule has 0 N–H and O–H groups in total. The van der Waals surface area contributed by atoms with E-state index in [4.69, 9.17) is 11.6 Å². The second kappa shape index (κ2) is 3.19. The number of hydrogen-bond donors (Lipinski definition) is 0. The summed E-state index contributed by atoms with van der Waals surface area (Å²) in [7, 11) is 0. The molecule has 16 heavy (non-hydrogen) atoms. The van der Waals surface area contributed by atoms with Gasteiger partial charge >= 0.3 is 0 Å². The maximum atomic E-state index is 12.1. The highest BCUT2D eigenvalue weighted by Gasteiger charge is 2.28. The number of ketones is 1. The smallest absolute Gasteiger partial charge is 0.195 e. The van der Waals surface area contributed by atoms with E-state index < -0.39 is 0 Å². The van der Waals surface area contributed by atoms with E-state index in [9.17, 15) is 4.79 Å². The average Bonchev–Trinajstić information content (AvgIpc) is 2.54. The summed E-state index contributed by atoms with van der Waals surface area (Å²) < 4.78 is 0. The summed E-state index contributed by atoms with van der Waals surface area (Å²) in [5, 5.41) is 0.538. The minimum absolute atomic E-state index is 0.0376. The molecule has 0 heterocycles. The molecule has 2 aromatic carbocycles. The van der Waals surface area contributed by atoms with Gasteiger partial charge in [-0.1, -0.05) is 47.5 Å². The Morgan fingerprint density at radius 1 is 1.00 bits per heavy atom. The molecule has 0 unspecified atom stereocenters. The maximum Gasteiger partial charge on any atom is 0.195 e. The summed E-state index contributed by atoms with van der Waals surface area (Å²) in [6.45, 7) is 2.02. The van der Waals surface area contributed by atoms with Crippen molar-refractivity contribution in [2.24, 2.45) is 0 Å². The van der Waals surface area contributed by atoms with Crippen molar-refractivity contribution in [3.05, 3.63) is 58.1 Å². The Hall–Kier alpha value is -1.60. The lowest BCUT2D eigenvalue weighted by Crippen LogP contribution is -1.95. The third-order valence-electron chi connectivity index (χ3n) is 2.95. The molecule has 1 aliphatic rings. The fourth-order valence-electron chi connectivity index (χ4n) is 2.19. The Labute approximate surface area is 98.7 Å². The van der Waals surface area contributed by atoms with Crippen LogP contribution < -0.4 is 0 Å². The van der Waals surface area contributed by atoms with Crippen molar-refractivity contribution in [1.29, 1.82) is 0 Å². The summed E-state index contributed by atoms with van der Waals surface area (Å²) in [4.78, 5) is 12.1. The minimum atomic E-state index is 0.0376. The van der Waals surface area contributed by atoms with Gasteiger partial charge in [-0.3, -0.25) is 4.79 Å². The van der Waals surface area contributed by atoms with E-state index in [2.05, 4.69) is 0 Å². The second-order valence-corrected chi connectivity index (χ2v) is 4.45. The summed E-state index contributed by atoms with van der Waals surface area (Å²) in [6.07, 6.45) is 0. The van der Waals surface area contributed by atoms with Gasteiger partial charge in [0.05, 0.1) is 5.02 Å². The van der Waals surface area contributed by atoms with Crippen LogP contribution in [0.2, 0.25) is 5.02 Å². The SMILES string of the molecule is Cc1ccc2c(c1)-c1cccc(Cl)c1C2=O. The minimum Gasteiger partial charge on any atom is -0.289 e. The van der Waals surface area contributed by atoms with Crippen molar-refractivity contribution >= 4 is 17.4 Å². The zero-order chi connectivity index (χ0) is 11.3. The van der Waals surface area contributed by atoms with Crippen LogP contribution in [-0.2, 0) is 0 Å². The first-order valence-corrected chi connectivity index (χ1v) is 5.50. The molecule has 3 rings (SSSR count). The van der Waals surface area contributed by atoms with Gasteiger partial charge in [-0.2, -0.15) is 0 Å². The predicted molar refractivity (Wildman–Crippen MR) is 65.1 cm³/mol. The van der Waals surface area contributed by atoms with E-state index in [1.165, 1.54) is 0 Å². The maximum absolute atomic E-state index is 12.1. The van der Waals surface area contributed by atoms with Gasteiger partial charge in [0.25, 0.3) is 0 Å². The van der Waals surface area contributed by atoms with E-state index >= 15 is 0 Å². The molecule has 0 atom stereocenters. The van der Waals surface area contributed by atoms with Crippen molar-refractivity contribution < 1.29 is 4.79 Å². The van der Waals surface area contributed by atoms with Crippen LogP contribution in [0.4, 0.5) is 0 Å². The molecule has 0 fully saturated rings. The third kappa shape index (κ3) is 1.15. The molecule has 2 heteroatoms. The van der Waals surface area contributed by atoms with Crippen LogP contribution in [0.25, 0.3) is 11.1 Å². The van der Waals surface area contributed by atoms with Crippen LogP contribution in [0.5, 0.6) is 0 Å². The van der Waals surface area contributed by atoms with E-state index in [1.54, 1.807) is 6.07 Å². The molecule has 1 aliphatic carbocycles. The van der Waals surface area contributed by atoms with Gasteiger partial charge < -0.3 is 0 Å². The first kappa shape index (κ1) is 9.61. The number of benzene rings is 2. The number of hydrogen-bond acceptors (Lipinski definition) is 1. The number of carbonyl (C=O) groups excluding carboxylic acids is 1. The van der Waals surface area contributed by atoms with Gasteiger partial charge in [0.15, 0.2) is 5.78 Å². The van der Waals surface area contributed by atoms with Crippen LogP contribution >= 0.6 is 11.6 Å². The van der Waals surface area contributed by atoms with Crippen molar-refractivity contribution in [2.75, 3.05) is 0 Å². The summed E-state index contributed by atoms with van der Waals surface area (Å²) in [5.74, 6) is 0.0376. The Morgan fingerprint density at radius 2 is 1.81 bits per heavy atom. The highest BCUT2D eigenvalue weighted by Crippen LogP contribution is 2.40. The number of rotatable bonds is 0. The zero-order valence-corrected chi connectivity index (χ0v) is 9.51. The molecule has 0 spiro atoms. The highest BCUT2D eigenvalue weighted by molar-refractivity contribution is 6.37. The van der Waals surface area contributed by atoms with E-state index in [-0.39, 0.29) is 5.78 Å². The monoisotopic (exact) mass is 228 g/mol. The number of halogens is 1. The van der Waals surface area contributed by atoms with Gasteiger partial charge in [-0.15, -0.1) is 0 Å². The number of aryl methyl sites for hydroxylation is 1. The molecule has 0 radical (unpaired) electrons. The van der Waals surface area contributed by atoms with Crippen molar-refractivity contribution in [2.45, 2.75) is 6.92 Å². The molecule has 2 aromatic rings. The Kier molecular flexibility index (Phi) is 1.92. The van der Waals surface area contributed by atoms with Gasteiger partial charge in [0, 0.05) is 11.1 Å². The van der Waals surface area contributed by atoms with Crippen molar-refractivity contribution in [1.82, 2.24) is 0 Å². The summed E-state index contributed by atoms with van der Waals surface area (Å²) in [6, 6.07) is 11.5. The van der Waals surface area contributed by atoms with E-state index in [0.29, 0.717) is 10.6 Å². The molecular weight excluding hydrogens is 220 g/mol. The fourth-order valence-corrected chi connectivity index (χ4v) is 2.45. The fraction of sp³-hybridized carbons (Fsp3) is 0.0714. The summed E-state index contributed by atoms with van der Waals surface area (Å²) >= 11 is 6.07. The van der Waals surface area contributed by atoms with E-state index in [0.717, 1.165) is 22.3 Å². The normalized spacial score (nSPS) is 12.5. The van der Waals surface area contributed by atoms with Crippen molar-refractivity contribution in [3.8, 4) is 11.1 Å². The van der Waals surface area contributed by atoms with Gasteiger partial charge in [-0.25, -0.2) is 0 Å². The average molecular weight is 229 g/mol. The lowest BCUT2D eigenvalue weighted by atomic mass is 10.0. The van der Waals surface area contributed by atoms with E-state index in [1.807, 2.05) is 37.3 Å². The third-order valence-corrected chi connectivity index (χ3v) is 3.27. The lowest BCUT2D eigenvalue weighted by molar-refractivity contribution is 0.104. The largest absolute Gasteiger partial charge is 0.289 e. The quantitative estimate of drug-likeness (QED) is 0.571. The molecule has 0 amide bonds. The molecule has 0 saturated heterocycles. The van der Waals surface area contributed by atoms with Crippen LogP contribution in [0.15, 0.2) is 36.4 Å². The van der Waals surface area contributed by atoms with Gasteiger partial charge in [0.1, 0.15) is 0 Å². The summed E-state index contributed by atoms with van der Waals surface area (Å²) in [5.41, 5.74) is 4.51. The molecule has 78 valence electrons. The van der Waals surface area contributed by atoms with Gasteiger partial charge in [0.2, 0.25) is 0 Å². The molecule has 0 aliphatic heterocycles. The molecule has 0 aromatic heterocycles. The number of fused-ring (bicyclic) bond motifs is 3. The van der Waals surface area contributed by atoms with Crippen LogP contribution in [-0.4, -0.2) is 5.78 Å². The Morgan fingerprint density at radius 3 is 2.62 bits per heavy atom. The molecular formula is C14H9ClO.